The molecule has 1 aromatic carbocycles. The molecule has 0 radical (unpaired) electrons. The Labute approximate surface area is 164 Å². The van der Waals surface area contributed by atoms with Gasteiger partial charge in [0.25, 0.3) is 0 Å². The molecule has 27 heavy (non-hydrogen) atoms. The summed E-state index contributed by atoms with van der Waals surface area (Å²) in [7, 11) is 4.04. The zero-order valence-corrected chi connectivity index (χ0v) is 17.2. The first-order chi connectivity index (χ1) is 12.8. The monoisotopic (exact) mass is 383 g/mol. The first-order valence-electron chi connectivity index (χ1n) is 9.10. The summed E-state index contributed by atoms with van der Waals surface area (Å²) in [5, 5.41) is 8.76. The highest BCUT2D eigenvalue weighted by molar-refractivity contribution is 7.98. The summed E-state index contributed by atoms with van der Waals surface area (Å²) in [6, 6.07) is 8.12. The molecule has 1 N–H and O–H groups in total. The largest absolute Gasteiger partial charge is 0.378 e. The van der Waals surface area contributed by atoms with Crippen molar-refractivity contribution in [1.29, 1.82) is 0 Å². The van der Waals surface area contributed by atoms with Crippen LogP contribution in [-0.4, -0.2) is 40.9 Å². The van der Waals surface area contributed by atoms with Gasteiger partial charge in [-0.2, -0.15) is 4.98 Å². The Kier molecular flexibility index (Phi) is 4.29. The van der Waals surface area contributed by atoms with Crippen LogP contribution in [0, 0.1) is 5.41 Å². The number of nitrogens with zero attached hydrogens (tertiary/aromatic N) is 4. The van der Waals surface area contributed by atoms with Crippen LogP contribution in [0.25, 0.3) is 0 Å². The fourth-order valence-corrected chi connectivity index (χ4v) is 4.29. The maximum absolute atomic E-state index is 13.1. The van der Waals surface area contributed by atoms with Crippen LogP contribution in [0.2, 0.25) is 0 Å². The average Bonchev–Trinajstić information content (AvgIpc) is 3.01. The van der Waals surface area contributed by atoms with E-state index in [1.165, 1.54) is 11.8 Å². The van der Waals surface area contributed by atoms with Crippen LogP contribution in [0.3, 0.4) is 0 Å². The van der Waals surface area contributed by atoms with Gasteiger partial charge in [0, 0.05) is 37.5 Å². The maximum Gasteiger partial charge on any atom is 0.227 e. The summed E-state index contributed by atoms with van der Waals surface area (Å²) in [5.74, 6) is 0.910. The third-order valence-electron chi connectivity index (χ3n) is 5.22. The molecule has 0 saturated carbocycles. The number of aromatic nitrogens is 3. The zero-order valence-electron chi connectivity index (χ0n) is 16.4. The van der Waals surface area contributed by atoms with E-state index >= 15 is 0 Å². The molecule has 6 nitrogen and oxygen atoms in total. The number of allylic oxidation sites excluding steroid dienone is 2. The molecule has 142 valence electrons. The molecule has 2 aromatic rings. The molecule has 1 aliphatic carbocycles. The van der Waals surface area contributed by atoms with Crippen molar-refractivity contribution >= 4 is 29.2 Å². The molecule has 1 aromatic heterocycles. The predicted octanol–water partition coefficient (Wildman–Crippen LogP) is 3.72. The number of nitrogens with one attached hydrogen (secondary N) is 1. The van der Waals surface area contributed by atoms with Gasteiger partial charge in [-0.1, -0.05) is 37.7 Å². The quantitative estimate of drug-likeness (QED) is 0.815. The molecule has 1 aliphatic heterocycles. The molecule has 0 amide bonds. The number of carbonyl (C=O) groups is 1. The lowest BCUT2D eigenvalue weighted by atomic mass is 9.73. The number of Topliss-reactive ketones (excluding diaryl/α,β-unsaturated/α-hetero) is 1. The van der Waals surface area contributed by atoms with Crippen molar-refractivity contribution in [2.24, 2.45) is 5.41 Å². The van der Waals surface area contributed by atoms with Gasteiger partial charge >= 0.3 is 0 Å². The van der Waals surface area contributed by atoms with Crippen LogP contribution in [0.15, 0.2) is 40.7 Å². The van der Waals surface area contributed by atoms with E-state index in [2.05, 4.69) is 58.4 Å². The number of thioether (sulfide) groups is 1. The van der Waals surface area contributed by atoms with Crippen molar-refractivity contribution in [3.05, 3.63) is 41.1 Å². The number of fused-ring (bicyclic) bond motifs is 1. The summed E-state index contributed by atoms with van der Waals surface area (Å²) in [6.07, 6.45) is 3.35. The van der Waals surface area contributed by atoms with E-state index in [-0.39, 0.29) is 17.2 Å². The minimum atomic E-state index is -0.232. The summed E-state index contributed by atoms with van der Waals surface area (Å²) in [5.41, 5.74) is 3.96. The molecule has 0 saturated heterocycles. The van der Waals surface area contributed by atoms with E-state index in [1.54, 1.807) is 0 Å². The number of hydrogen-bond acceptors (Lipinski definition) is 6. The molecule has 0 fully saturated rings. The van der Waals surface area contributed by atoms with Crippen LogP contribution in [0.5, 0.6) is 0 Å². The number of hydrogen-bond donors (Lipinski definition) is 1. The SMILES string of the molecule is CSc1nc2n(n1)C(c1ccc(N(C)C)cc1)C1=C(CC(C)(C)CC1=O)N2. The van der Waals surface area contributed by atoms with Gasteiger partial charge < -0.3 is 10.2 Å². The van der Waals surface area contributed by atoms with Crippen molar-refractivity contribution in [2.45, 2.75) is 37.9 Å². The highest BCUT2D eigenvalue weighted by atomic mass is 32.2. The Hall–Kier alpha value is -2.28. The summed E-state index contributed by atoms with van der Waals surface area (Å²) < 4.78 is 1.87. The predicted molar refractivity (Wildman–Crippen MR) is 109 cm³/mol. The number of benzene rings is 1. The molecule has 0 bridgehead atoms. The first-order valence-corrected chi connectivity index (χ1v) is 10.3. The van der Waals surface area contributed by atoms with Crippen molar-refractivity contribution in [1.82, 2.24) is 14.8 Å². The van der Waals surface area contributed by atoms with Gasteiger partial charge in [0.1, 0.15) is 6.04 Å². The van der Waals surface area contributed by atoms with E-state index in [1.807, 2.05) is 25.0 Å². The van der Waals surface area contributed by atoms with Crippen LogP contribution < -0.4 is 10.2 Å². The highest BCUT2D eigenvalue weighted by Gasteiger charge is 2.41. The molecule has 1 unspecified atom stereocenters. The van der Waals surface area contributed by atoms with E-state index < -0.39 is 0 Å². The van der Waals surface area contributed by atoms with Crippen LogP contribution in [0.1, 0.15) is 38.3 Å². The molecule has 2 heterocycles. The smallest absolute Gasteiger partial charge is 0.227 e. The van der Waals surface area contributed by atoms with Gasteiger partial charge in [0.15, 0.2) is 5.78 Å². The van der Waals surface area contributed by atoms with Crippen molar-refractivity contribution in [3.8, 4) is 0 Å². The molecular weight excluding hydrogens is 358 g/mol. The van der Waals surface area contributed by atoms with Gasteiger partial charge in [-0.05, 0) is 35.8 Å². The van der Waals surface area contributed by atoms with E-state index in [9.17, 15) is 4.79 Å². The lowest BCUT2D eigenvalue weighted by Crippen LogP contribution is -2.36. The zero-order chi connectivity index (χ0) is 19.3. The molecule has 2 aliphatic rings. The van der Waals surface area contributed by atoms with E-state index in [0.717, 1.165) is 28.9 Å². The van der Waals surface area contributed by atoms with Crippen LogP contribution in [0.4, 0.5) is 11.6 Å². The molecule has 0 spiro atoms. The van der Waals surface area contributed by atoms with Crippen LogP contribution >= 0.6 is 11.8 Å². The Bertz CT molecular complexity index is 926. The summed E-state index contributed by atoms with van der Waals surface area (Å²) >= 11 is 1.51. The van der Waals surface area contributed by atoms with E-state index in [4.69, 9.17) is 0 Å². The second kappa shape index (κ2) is 6.41. The minimum Gasteiger partial charge on any atom is -0.378 e. The summed E-state index contributed by atoms with van der Waals surface area (Å²) in [4.78, 5) is 19.8. The molecule has 7 heteroatoms. The third-order valence-corrected chi connectivity index (χ3v) is 5.76. The maximum atomic E-state index is 13.1. The van der Waals surface area contributed by atoms with Gasteiger partial charge in [-0.15, -0.1) is 5.10 Å². The topological polar surface area (TPSA) is 63.1 Å². The molecular formula is C20H25N5OS. The van der Waals surface area contributed by atoms with Gasteiger partial charge in [-0.3, -0.25) is 4.79 Å². The second-order valence-corrected chi connectivity index (χ2v) is 8.99. The van der Waals surface area contributed by atoms with Gasteiger partial charge in [0.2, 0.25) is 11.1 Å². The highest BCUT2D eigenvalue weighted by Crippen LogP contribution is 2.45. The van der Waals surface area contributed by atoms with Crippen molar-refractivity contribution < 1.29 is 4.79 Å². The lowest BCUT2D eigenvalue weighted by Gasteiger charge is -2.38. The normalized spacial score (nSPS) is 20.8. The number of rotatable bonds is 3. The van der Waals surface area contributed by atoms with Gasteiger partial charge in [-0.25, -0.2) is 4.68 Å². The van der Waals surface area contributed by atoms with Crippen molar-refractivity contribution in [2.75, 3.05) is 30.6 Å². The van der Waals surface area contributed by atoms with E-state index in [0.29, 0.717) is 17.5 Å². The Morgan fingerprint density at radius 2 is 1.93 bits per heavy atom. The Morgan fingerprint density at radius 1 is 1.22 bits per heavy atom. The van der Waals surface area contributed by atoms with Crippen molar-refractivity contribution in [3.63, 3.8) is 0 Å². The molecule has 4 rings (SSSR count). The number of carbonyl (C=O) groups excluding carboxylic acids is 1. The fourth-order valence-electron chi connectivity index (χ4n) is 3.94. The Morgan fingerprint density at radius 3 is 2.56 bits per heavy atom. The standard InChI is InChI=1S/C20H25N5OS/c1-20(2)10-14-16(15(26)11-20)17(12-6-8-13(9-7-12)24(3)4)25-18(21-14)22-19(23-25)27-5/h6-9,17H,10-11H2,1-5H3,(H,21,22,23). The minimum absolute atomic E-state index is 0.0488. The third kappa shape index (κ3) is 3.14. The number of ketones is 1. The van der Waals surface area contributed by atoms with Gasteiger partial charge in [0.05, 0.1) is 0 Å². The number of anilines is 2. The lowest BCUT2D eigenvalue weighted by molar-refractivity contribution is -0.118. The second-order valence-electron chi connectivity index (χ2n) is 8.21. The van der Waals surface area contributed by atoms with Crippen LogP contribution in [-0.2, 0) is 4.79 Å². The average molecular weight is 384 g/mol. The fraction of sp³-hybridized carbons (Fsp3) is 0.450. The Balaban J connectivity index is 1.86. The summed E-state index contributed by atoms with van der Waals surface area (Å²) in [6.45, 7) is 4.29. The first kappa shape index (κ1) is 18.1. The molecule has 1 atom stereocenters.